The highest BCUT2D eigenvalue weighted by atomic mass is 32.2. The fraction of sp³-hybridized carbons (Fsp3) is 0.350. The van der Waals surface area contributed by atoms with E-state index in [0.29, 0.717) is 31.1 Å². The van der Waals surface area contributed by atoms with Gasteiger partial charge in [0.25, 0.3) is 0 Å². The van der Waals surface area contributed by atoms with Crippen molar-refractivity contribution < 1.29 is 8.42 Å². The number of rotatable bonds is 3. The Hall–Kier alpha value is -1.96. The molecule has 0 spiro atoms. The predicted molar refractivity (Wildman–Crippen MR) is 111 cm³/mol. The van der Waals surface area contributed by atoms with Crippen molar-refractivity contribution in [2.75, 3.05) is 31.1 Å². The number of fused-ring (bicyclic) bond motifs is 1. The van der Waals surface area contributed by atoms with E-state index in [-0.39, 0.29) is 0 Å². The molecule has 1 saturated heterocycles. The van der Waals surface area contributed by atoms with Crippen molar-refractivity contribution in [2.45, 2.75) is 25.7 Å². The summed E-state index contributed by atoms with van der Waals surface area (Å²) < 4.78 is 28.5. The predicted octanol–water partition coefficient (Wildman–Crippen LogP) is 3.73. The molecule has 0 N–H and O–H groups in total. The summed E-state index contributed by atoms with van der Waals surface area (Å²) in [6.45, 7) is 8.42. The van der Waals surface area contributed by atoms with E-state index in [1.807, 2.05) is 19.1 Å². The summed E-state index contributed by atoms with van der Waals surface area (Å²) in [5.41, 5.74) is 4.58. The monoisotopic (exact) mass is 401 g/mol. The Morgan fingerprint density at radius 3 is 2.26 bits per heavy atom. The van der Waals surface area contributed by atoms with Gasteiger partial charge in [0.05, 0.1) is 15.1 Å². The van der Waals surface area contributed by atoms with Crippen LogP contribution in [-0.4, -0.2) is 43.9 Å². The molecule has 142 valence electrons. The molecule has 2 aromatic carbocycles. The van der Waals surface area contributed by atoms with Crippen LogP contribution in [-0.2, 0) is 10.0 Å². The molecular weight excluding hydrogens is 378 g/mol. The van der Waals surface area contributed by atoms with E-state index in [1.165, 1.54) is 15.8 Å². The second kappa shape index (κ2) is 6.89. The third-order valence-corrected chi connectivity index (χ3v) is 8.24. The van der Waals surface area contributed by atoms with Crippen molar-refractivity contribution in [3.05, 3.63) is 53.1 Å². The number of piperazine rings is 1. The molecule has 0 unspecified atom stereocenters. The zero-order valence-corrected chi connectivity index (χ0v) is 17.4. The number of aryl methyl sites for hydroxylation is 3. The minimum absolute atomic E-state index is 0.368. The second-order valence-corrected chi connectivity index (χ2v) is 10.0. The minimum atomic E-state index is -3.43. The Bertz CT molecular complexity index is 1080. The number of thiazole rings is 1. The van der Waals surface area contributed by atoms with Crippen molar-refractivity contribution in [1.29, 1.82) is 0 Å². The first-order chi connectivity index (χ1) is 12.9. The summed E-state index contributed by atoms with van der Waals surface area (Å²) in [6.07, 6.45) is 0. The molecule has 3 aromatic rings. The fourth-order valence-electron chi connectivity index (χ4n) is 3.33. The Balaban J connectivity index is 1.52. The summed E-state index contributed by atoms with van der Waals surface area (Å²) in [4.78, 5) is 7.39. The minimum Gasteiger partial charge on any atom is -0.345 e. The van der Waals surface area contributed by atoms with E-state index >= 15 is 0 Å². The van der Waals surface area contributed by atoms with Gasteiger partial charge in [-0.15, -0.1) is 0 Å². The van der Waals surface area contributed by atoms with Crippen molar-refractivity contribution in [3.63, 3.8) is 0 Å². The van der Waals surface area contributed by atoms with Gasteiger partial charge in [0.15, 0.2) is 5.13 Å². The van der Waals surface area contributed by atoms with Gasteiger partial charge in [0.1, 0.15) is 0 Å². The van der Waals surface area contributed by atoms with Crippen LogP contribution in [0.1, 0.15) is 16.7 Å². The third-order valence-electron chi connectivity index (χ3n) is 5.24. The van der Waals surface area contributed by atoms with Gasteiger partial charge in [-0.05, 0) is 50.1 Å². The number of benzene rings is 2. The second-order valence-electron chi connectivity index (χ2n) is 7.05. The molecule has 0 saturated carbocycles. The van der Waals surface area contributed by atoms with Crippen LogP contribution in [0.3, 0.4) is 0 Å². The first-order valence-electron chi connectivity index (χ1n) is 9.05. The van der Waals surface area contributed by atoms with Crippen molar-refractivity contribution in [2.24, 2.45) is 0 Å². The first-order valence-corrected chi connectivity index (χ1v) is 11.3. The summed E-state index contributed by atoms with van der Waals surface area (Å²) in [5.74, 6) is 0. The number of hydrogen-bond donors (Lipinski definition) is 0. The van der Waals surface area contributed by atoms with Crippen molar-refractivity contribution >= 4 is 36.7 Å². The zero-order chi connectivity index (χ0) is 19.2. The van der Waals surface area contributed by atoms with E-state index in [9.17, 15) is 8.42 Å². The summed E-state index contributed by atoms with van der Waals surface area (Å²) in [5, 5.41) is 0.978. The number of aromatic nitrogens is 1. The highest BCUT2D eigenvalue weighted by Gasteiger charge is 2.29. The standard InChI is InChI=1S/C20H23N3O2S2/c1-14-4-7-17(8-5-14)27(24,25)23-12-10-22(11-13-23)20-21-19-16(3)15(2)6-9-18(19)26-20/h4-9H,10-13H2,1-3H3. The molecule has 1 aliphatic heterocycles. The van der Waals surface area contributed by atoms with E-state index in [0.717, 1.165) is 16.2 Å². The van der Waals surface area contributed by atoms with Gasteiger partial charge >= 0.3 is 0 Å². The molecule has 0 aliphatic carbocycles. The molecule has 1 aromatic heterocycles. The highest BCUT2D eigenvalue weighted by molar-refractivity contribution is 7.89. The van der Waals surface area contributed by atoms with Gasteiger partial charge < -0.3 is 4.90 Å². The average Bonchev–Trinajstić information content (AvgIpc) is 3.10. The molecule has 7 heteroatoms. The van der Waals surface area contributed by atoms with Crippen LogP contribution >= 0.6 is 11.3 Å². The van der Waals surface area contributed by atoms with Gasteiger partial charge in [-0.2, -0.15) is 4.31 Å². The van der Waals surface area contributed by atoms with Crippen molar-refractivity contribution in [1.82, 2.24) is 9.29 Å². The lowest BCUT2D eigenvalue weighted by atomic mass is 10.1. The topological polar surface area (TPSA) is 53.5 Å². The fourth-order valence-corrected chi connectivity index (χ4v) is 5.83. The maximum atomic E-state index is 12.9. The highest BCUT2D eigenvalue weighted by Crippen LogP contribution is 2.32. The lowest BCUT2D eigenvalue weighted by Gasteiger charge is -2.33. The normalized spacial score (nSPS) is 16.2. The lowest BCUT2D eigenvalue weighted by Crippen LogP contribution is -2.48. The van der Waals surface area contributed by atoms with Crippen LogP contribution in [0.5, 0.6) is 0 Å². The molecule has 27 heavy (non-hydrogen) atoms. The molecule has 1 fully saturated rings. The van der Waals surface area contributed by atoms with Crippen LogP contribution in [0.15, 0.2) is 41.3 Å². The molecule has 1 aliphatic rings. The average molecular weight is 402 g/mol. The maximum absolute atomic E-state index is 12.9. The van der Waals surface area contributed by atoms with Crippen LogP contribution in [0, 0.1) is 20.8 Å². The summed E-state index contributed by atoms with van der Waals surface area (Å²) in [7, 11) is -3.43. The molecule has 2 heterocycles. The number of anilines is 1. The summed E-state index contributed by atoms with van der Waals surface area (Å²) >= 11 is 1.68. The smallest absolute Gasteiger partial charge is 0.243 e. The van der Waals surface area contributed by atoms with Crippen LogP contribution in [0.25, 0.3) is 10.2 Å². The quantitative estimate of drug-likeness (QED) is 0.671. The Morgan fingerprint density at radius 1 is 0.926 bits per heavy atom. The molecule has 0 atom stereocenters. The molecule has 4 rings (SSSR count). The first kappa shape index (κ1) is 18.4. The van der Waals surface area contributed by atoms with E-state index in [1.54, 1.807) is 27.8 Å². The van der Waals surface area contributed by atoms with Gasteiger partial charge in [0, 0.05) is 26.2 Å². The van der Waals surface area contributed by atoms with Crippen LogP contribution in [0.4, 0.5) is 5.13 Å². The molecular formula is C20H23N3O2S2. The van der Waals surface area contributed by atoms with Crippen molar-refractivity contribution in [3.8, 4) is 0 Å². The van der Waals surface area contributed by atoms with Gasteiger partial charge in [0.2, 0.25) is 10.0 Å². The summed E-state index contributed by atoms with van der Waals surface area (Å²) in [6, 6.07) is 11.3. The molecule has 0 amide bonds. The van der Waals surface area contributed by atoms with E-state index < -0.39 is 10.0 Å². The van der Waals surface area contributed by atoms with Crippen LogP contribution < -0.4 is 4.90 Å². The molecule has 0 radical (unpaired) electrons. The number of sulfonamides is 1. The van der Waals surface area contributed by atoms with Crippen LogP contribution in [0.2, 0.25) is 0 Å². The maximum Gasteiger partial charge on any atom is 0.243 e. The zero-order valence-electron chi connectivity index (χ0n) is 15.8. The van der Waals surface area contributed by atoms with E-state index in [2.05, 4.69) is 30.9 Å². The van der Waals surface area contributed by atoms with Gasteiger partial charge in [-0.25, -0.2) is 13.4 Å². The van der Waals surface area contributed by atoms with E-state index in [4.69, 9.17) is 4.98 Å². The number of nitrogens with zero attached hydrogens (tertiary/aromatic N) is 3. The molecule has 0 bridgehead atoms. The SMILES string of the molecule is Cc1ccc(S(=O)(=O)N2CCN(c3nc4c(C)c(C)ccc4s3)CC2)cc1. The Morgan fingerprint density at radius 2 is 1.59 bits per heavy atom. The molecule has 5 nitrogen and oxygen atoms in total. The Kier molecular flexibility index (Phi) is 4.70. The number of hydrogen-bond acceptors (Lipinski definition) is 5. The van der Waals surface area contributed by atoms with Gasteiger partial charge in [-0.1, -0.05) is 35.1 Å². The largest absolute Gasteiger partial charge is 0.345 e. The third kappa shape index (κ3) is 3.35. The van der Waals surface area contributed by atoms with Gasteiger partial charge in [-0.3, -0.25) is 0 Å². The lowest BCUT2D eigenvalue weighted by molar-refractivity contribution is 0.385. The Labute approximate surface area is 164 Å².